The first-order valence-electron chi connectivity index (χ1n) is 15.8. The zero-order valence-electron chi connectivity index (χ0n) is 26.2. The first kappa shape index (κ1) is 29.5. The average molecular weight is 585 g/mol. The number of aliphatic imine (C=N–C) groups is 1. The van der Waals surface area contributed by atoms with E-state index in [1.54, 1.807) is 16.7 Å². The minimum absolute atomic E-state index is 0.0978. The van der Waals surface area contributed by atoms with Gasteiger partial charge in [-0.25, -0.2) is 14.4 Å². The molecule has 4 fully saturated rings. The minimum Gasteiger partial charge on any atom is -0.340 e. The number of allylic oxidation sites excluding steroid dienone is 1. The molecule has 0 radical (unpaired) electrons. The first-order valence-corrected chi connectivity index (χ1v) is 15.8. The Labute approximate surface area is 254 Å². The van der Waals surface area contributed by atoms with Crippen LogP contribution in [0.5, 0.6) is 0 Å². The van der Waals surface area contributed by atoms with E-state index in [0.717, 1.165) is 60.7 Å². The molecule has 7 nitrogen and oxygen atoms in total. The van der Waals surface area contributed by atoms with E-state index in [1.807, 2.05) is 25.1 Å². The lowest BCUT2D eigenvalue weighted by Gasteiger charge is -2.61. The topological polar surface area (TPSA) is 74.6 Å². The SMILES string of the molecule is C=C(C)c1nc2cc(NC(=N[C@H]3C[C@@H]4C[C@H]([C@@H]3C)C4(C)C)N3CCN[C@@H](C)C3)ccc2c(=O)n1CCc1ccc(F)cc1. The Morgan fingerprint density at radius 1 is 1.19 bits per heavy atom. The second kappa shape index (κ2) is 11.5. The van der Waals surface area contributed by atoms with Crippen LogP contribution in [0.15, 0.2) is 58.8 Å². The van der Waals surface area contributed by atoms with Crippen LogP contribution in [0.4, 0.5) is 10.1 Å². The van der Waals surface area contributed by atoms with Gasteiger partial charge in [0.25, 0.3) is 5.56 Å². The number of piperazine rings is 1. The first-order chi connectivity index (χ1) is 20.5. The van der Waals surface area contributed by atoms with E-state index in [1.165, 1.54) is 18.6 Å². The third kappa shape index (κ3) is 5.74. The van der Waals surface area contributed by atoms with Gasteiger partial charge in [0.15, 0.2) is 5.96 Å². The monoisotopic (exact) mass is 584 g/mol. The van der Waals surface area contributed by atoms with Crippen LogP contribution in [0.3, 0.4) is 0 Å². The summed E-state index contributed by atoms with van der Waals surface area (Å²) in [5.41, 5.74) is 3.51. The number of hydrogen-bond donors (Lipinski definition) is 2. The van der Waals surface area contributed by atoms with Gasteiger partial charge in [0.2, 0.25) is 0 Å². The summed E-state index contributed by atoms with van der Waals surface area (Å²) in [4.78, 5) is 26.4. The van der Waals surface area contributed by atoms with Gasteiger partial charge in [0.1, 0.15) is 11.6 Å². The second-order valence-corrected chi connectivity index (χ2v) is 13.7. The Morgan fingerprint density at radius 3 is 2.63 bits per heavy atom. The standard InChI is InChI=1S/C35H45FN6O/c1-21(2)32-39-31-19-27(11-12-28(31)33(43)42(32)15-13-24-7-9-26(36)10-8-24)38-34(41-16-14-37-22(3)20-41)40-30-18-25-17-29(23(30)4)35(25,5)6/h7-12,19,22-23,25,29-30,37H,1,13-18,20H2,2-6H3,(H,38,40)/t22-,23-,25-,29+,30-/m0/s1. The number of benzene rings is 2. The van der Waals surface area contributed by atoms with E-state index in [-0.39, 0.29) is 11.4 Å². The molecule has 4 aliphatic rings. The minimum atomic E-state index is -0.270. The van der Waals surface area contributed by atoms with Crippen molar-refractivity contribution < 1.29 is 4.39 Å². The van der Waals surface area contributed by atoms with E-state index < -0.39 is 0 Å². The molecule has 2 heterocycles. The molecule has 0 unspecified atom stereocenters. The number of anilines is 1. The molecule has 7 rings (SSSR count). The molecule has 8 heteroatoms. The van der Waals surface area contributed by atoms with Crippen molar-refractivity contribution in [2.75, 3.05) is 25.0 Å². The Kier molecular flexibility index (Phi) is 7.92. The predicted molar refractivity (Wildman–Crippen MR) is 174 cm³/mol. The molecule has 3 saturated carbocycles. The van der Waals surface area contributed by atoms with Crippen LogP contribution in [0.2, 0.25) is 0 Å². The number of nitrogens with zero attached hydrogens (tertiary/aromatic N) is 4. The second-order valence-electron chi connectivity index (χ2n) is 13.7. The maximum Gasteiger partial charge on any atom is 0.261 e. The fraction of sp³-hybridized carbons (Fsp3) is 0.514. The molecule has 2 aromatic carbocycles. The number of aryl methyl sites for hydroxylation is 1. The Balaban J connectivity index is 1.30. The maximum absolute atomic E-state index is 13.7. The number of aromatic nitrogens is 2. The van der Waals surface area contributed by atoms with E-state index in [9.17, 15) is 9.18 Å². The molecule has 1 aliphatic heterocycles. The highest BCUT2D eigenvalue weighted by atomic mass is 19.1. The van der Waals surface area contributed by atoms with Gasteiger partial charge in [-0.1, -0.05) is 39.5 Å². The highest BCUT2D eigenvalue weighted by Crippen LogP contribution is 2.61. The van der Waals surface area contributed by atoms with Crippen molar-refractivity contribution in [2.24, 2.45) is 28.2 Å². The molecule has 43 heavy (non-hydrogen) atoms. The van der Waals surface area contributed by atoms with Gasteiger partial charge in [0, 0.05) is 37.9 Å². The maximum atomic E-state index is 13.7. The van der Waals surface area contributed by atoms with Gasteiger partial charge in [-0.3, -0.25) is 9.36 Å². The van der Waals surface area contributed by atoms with Gasteiger partial charge in [0.05, 0.1) is 16.9 Å². The molecule has 3 aromatic rings. The summed E-state index contributed by atoms with van der Waals surface area (Å²) in [6, 6.07) is 12.9. The quantitative estimate of drug-likeness (QED) is 0.277. The lowest BCUT2D eigenvalue weighted by molar-refractivity contribution is -0.108. The molecule has 0 spiro atoms. The summed E-state index contributed by atoms with van der Waals surface area (Å²) in [5, 5.41) is 7.77. The fourth-order valence-electron chi connectivity index (χ4n) is 7.62. The predicted octanol–water partition coefficient (Wildman–Crippen LogP) is 5.94. The lowest BCUT2D eigenvalue weighted by atomic mass is 9.45. The van der Waals surface area contributed by atoms with Crippen molar-refractivity contribution in [3.8, 4) is 0 Å². The van der Waals surface area contributed by atoms with E-state index in [2.05, 4.69) is 49.8 Å². The summed E-state index contributed by atoms with van der Waals surface area (Å²) in [7, 11) is 0. The molecule has 2 bridgehead atoms. The van der Waals surface area contributed by atoms with Crippen molar-refractivity contribution in [1.29, 1.82) is 0 Å². The van der Waals surface area contributed by atoms with Crippen molar-refractivity contribution in [3.63, 3.8) is 0 Å². The summed E-state index contributed by atoms with van der Waals surface area (Å²) in [6.45, 7) is 18.6. The lowest BCUT2D eigenvalue weighted by Crippen LogP contribution is -2.57. The third-order valence-corrected chi connectivity index (χ3v) is 10.4. The number of nitrogens with one attached hydrogen (secondary N) is 2. The van der Waals surface area contributed by atoms with E-state index in [4.69, 9.17) is 9.98 Å². The summed E-state index contributed by atoms with van der Waals surface area (Å²) >= 11 is 0. The molecular weight excluding hydrogens is 539 g/mol. The number of hydrogen-bond acceptors (Lipinski definition) is 4. The highest BCUT2D eigenvalue weighted by molar-refractivity contribution is 5.96. The van der Waals surface area contributed by atoms with Crippen LogP contribution in [0, 0.1) is 29.0 Å². The number of halogens is 1. The fourth-order valence-corrected chi connectivity index (χ4v) is 7.62. The van der Waals surface area contributed by atoms with Crippen molar-refractivity contribution >= 4 is 28.1 Å². The molecule has 0 amide bonds. The van der Waals surface area contributed by atoms with E-state index in [0.29, 0.717) is 53.1 Å². The molecule has 1 aromatic heterocycles. The third-order valence-electron chi connectivity index (χ3n) is 10.4. The Bertz CT molecular complexity index is 1610. The van der Waals surface area contributed by atoms with Gasteiger partial charge in [-0.05, 0) is 97.7 Å². The molecular formula is C35H45FN6O. The smallest absolute Gasteiger partial charge is 0.261 e. The molecule has 2 N–H and O–H groups in total. The summed E-state index contributed by atoms with van der Waals surface area (Å²) in [6.07, 6.45) is 3.06. The Morgan fingerprint density at radius 2 is 1.95 bits per heavy atom. The number of rotatable bonds is 6. The van der Waals surface area contributed by atoms with Gasteiger partial charge < -0.3 is 15.5 Å². The molecule has 228 valence electrons. The zero-order chi connectivity index (χ0) is 30.5. The molecule has 3 aliphatic carbocycles. The van der Waals surface area contributed by atoms with Crippen LogP contribution in [-0.4, -0.2) is 52.1 Å². The van der Waals surface area contributed by atoms with Gasteiger partial charge in [-0.15, -0.1) is 0 Å². The van der Waals surface area contributed by atoms with Crippen molar-refractivity contribution in [2.45, 2.75) is 72.5 Å². The molecule has 5 atom stereocenters. The number of guanidine groups is 1. The average Bonchev–Trinajstić information content (AvgIpc) is 2.97. The number of fused-ring (bicyclic) bond motifs is 3. The molecule has 1 saturated heterocycles. The van der Waals surface area contributed by atoms with Crippen LogP contribution >= 0.6 is 0 Å². The van der Waals surface area contributed by atoms with Crippen molar-refractivity contribution in [1.82, 2.24) is 19.8 Å². The van der Waals surface area contributed by atoms with E-state index >= 15 is 0 Å². The highest BCUT2D eigenvalue weighted by Gasteiger charge is 2.56. The van der Waals surface area contributed by atoms with Crippen molar-refractivity contribution in [3.05, 3.63) is 76.6 Å². The van der Waals surface area contributed by atoms with Crippen LogP contribution in [0.1, 0.15) is 58.8 Å². The van der Waals surface area contributed by atoms with Gasteiger partial charge >= 0.3 is 0 Å². The largest absolute Gasteiger partial charge is 0.340 e. The zero-order valence-corrected chi connectivity index (χ0v) is 26.2. The van der Waals surface area contributed by atoms with Crippen LogP contribution < -0.4 is 16.2 Å². The summed E-state index contributed by atoms with van der Waals surface area (Å²) in [5.74, 6) is 3.21. The van der Waals surface area contributed by atoms with Gasteiger partial charge in [-0.2, -0.15) is 0 Å². The normalized spacial score (nSPS) is 26.7. The van der Waals surface area contributed by atoms with Crippen LogP contribution in [-0.2, 0) is 13.0 Å². The summed E-state index contributed by atoms with van der Waals surface area (Å²) < 4.78 is 15.1. The van der Waals surface area contributed by atoms with Crippen LogP contribution in [0.25, 0.3) is 16.5 Å². The Hall–Kier alpha value is -3.52.